The molecule has 0 unspecified atom stereocenters. The van der Waals surface area contributed by atoms with Gasteiger partial charge in [-0.2, -0.15) is 11.3 Å². The fourth-order valence-electron chi connectivity index (χ4n) is 3.19. The van der Waals surface area contributed by atoms with Crippen LogP contribution in [0.5, 0.6) is 0 Å². The molecule has 0 bridgehead atoms. The van der Waals surface area contributed by atoms with Crippen LogP contribution >= 0.6 is 11.3 Å². The van der Waals surface area contributed by atoms with Crippen molar-refractivity contribution in [2.75, 3.05) is 26.2 Å². The van der Waals surface area contributed by atoms with Gasteiger partial charge in [0.05, 0.1) is 5.56 Å². The van der Waals surface area contributed by atoms with E-state index in [0.29, 0.717) is 32.2 Å². The molecule has 0 atom stereocenters. The first-order chi connectivity index (χ1) is 10.7. The van der Waals surface area contributed by atoms with Gasteiger partial charge in [0.1, 0.15) is 0 Å². The van der Waals surface area contributed by atoms with Gasteiger partial charge in [0, 0.05) is 37.6 Å². The maximum Gasteiger partial charge on any atom is 0.317 e. The number of carbonyl (C=O) groups excluding carboxylic acids is 2. The number of amides is 3. The molecule has 0 spiro atoms. The van der Waals surface area contributed by atoms with Crippen molar-refractivity contribution in [1.29, 1.82) is 0 Å². The van der Waals surface area contributed by atoms with Crippen molar-refractivity contribution in [1.82, 2.24) is 15.1 Å². The Morgan fingerprint density at radius 1 is 1.05 bits per heavy atom. The Hall–Kier alpha value is -1.56. The van der Waals surface area contributed by atoms with Crippen LogP contribution in [-0.4, -0.2) is 54.0 Å². The topological polar surface area (TPSA) is 52.7 Å². The molecule has 1 aliphatic heterocycles. The van der Waals surface area contributed by atoms with Gasteiger partial charge < -0.3 is 15.1 Å². The van der Waals surface area contributed by atoms with E-state index in [1.807, 2.05) is 26.6 Å². The number of urea groups is 1. The maximum absolute atomic E-state index is 12.3. The van der Waals surface area contributed by atoms with E-state index < -0.39 is 0 Å². The van der Waals surface area contributed by atoms with E-state index in [0.717, 1.165) is 18.4 Å². The van der Waals surface area contributed by atoms with Gasteiger partial charge in [-0.3, -0.25) is 4.79 Å². The molecule has 2 aliphatic rings. The van der Waals surface area contributed by atoms with Crippen molar-refractivity contribution in [2.24, 2.45) is 0 Å². The van der Waals surface area contributed by atoms with Gasteiger partial charge in [0.2, 0.25) is 0 Å². The lowest BCUT2D eigenvalue weighted by molar-refractivity contribution is 0.0663. The molecule has 5 nitrogen and oxygen atoms in total. The fraction of sp³-hybridized carbons (Fsp3) is 0.625. The number of rotatable bonds is 2. The van der Waals surface area contributed by atoms with Crippen LogP contribution in [0.4, 0.5) is 4.79 Å². The molecule has 2 heterocycles. The Morgan fingerprint density at radius 2 is 1.73 bits per heavy atom. The second-order valence-corrected chi connectivity index (χ2v) is 6.86. The van der Waals surface area contributed by atoms with E-state index in [9.17, 15) is 9.59 Å². The molecule has 0 aromatic carbocycles. The number of nitrogens with zero attached hydrogens (tertiary/aromatic N) is 2. The monoisotopic (exact) mass is 321 g/mol. The summed E-state index contributed by atoms with van der Waals surface area (Å²) in [6.07, 6.45) is 5.92. The minimum atomic E-state index is 0.0366. The van der Waals surface area contributed by atoms with Crippen LogP contribution in [0.2, 0.25) is 0 Å². The molecule has 1 aromatic heterocycles. The van der Waals surface area contributed by atoms with Crippen LogP contribution in [0.3, 0.4) is 0 Å². The third-order valence-corrected chi connectivity index (χ3v) is 5.24. The molecule has 1 saturated heterocycles. The Kier molecular flexibility index (Phi) is 4.97. The average Bonchev–Trinajstić information content (AvgIpc) is 3.10. The molecule has 3 amide bonds. The van der Waals surface area contributed by atoms with Crippen molar-refractivity contribution >= 4 is 23.3 Å². The largest absolute Gasteiger partial charge is 0.335 e. The summed E-state index contributed by atoms with van der Waals surface area (Å²) in [4.78, 5) is 28.2. The van der Waals surface area contributed by atoms with E-state index in [1.54, 1.807) is 0 Å². The van der Waals surface area contributed by atoms with Crippen molar-refractivity contribution in [3.05, 3.63) is 22.4 Å². The second-order valence-electron chi connectivity index (χ2n) is 6.08. The molecule has 2 fully saturated rings. The van der Waals surface area contributed by atoms with Crippen molar-refractivity contribution in [3.63, 3.8) is 0 Å². The summed E-state index contributed by atoms with van der Waals surface area (Å²) in [6, 6.07) is 2.23. The smallest absolute Gasteiger partial charge is 0.317 e. The summed E-state index contributed by atoms with van der Waals surface area (Å²) in [7, 11) is 0. The van der Waals surface area contributed by atoms with Gasteiger partial charge in [-0.25, -0.2) is 4.79 Å². The van der Waals surface area contributed by atoms with Gasteiger partial charge >= 0.3 is 6.03 Å². The molecule has 1 aromatic rings. The standard InChI is InChI=1S/C16H23N3O2S/c20-15(13-6-11-22-12-13)18-7-9-19(10-8-18)16(21)17-14-4-2-1-3-5-14/h6,11-12,14H,1-5,7-10H2,(H,17,21). The second kappa shape index (κ2) is 7.13. The maximum atomic E-state index is 12.3. The lowest BCUT2D eigenvalue weighted by Gasteiger charge is -2.36. The summed E-state index contributed by atoms with van der Waals surface area (Å²) >= 11 is 1.53. The molecule has 1 saturated carbocycles. The van der Waals surface area contributed by atoms with E-state index in [2.05, 4.69) is 5.32 Å². The Labute approximate surface area is 135 Å². The highest BCUT2D eigenvalue weighted by molar-refractivity contribution is 7.08. The van der Waals surface area contributed by atoms with Crippen molar-refractivity contribution in [3.8, 4) is 0 Å². The number of hydrogen-bond acceptors (Lipinski definition) is 3. The van der Waals surface area contributed by atoms with Gasteiger partial charge in [0.25, 0.3) is 5.91 Å². The molecule has 6 heteroatoms. The van der Waals surface area contributed by atoms with Crippen LogP contribution in [0.15, 0.2) is 16.8 Å². The van der Waals surface area contributed by atoms with Crippen LogP contribution in [0.1, 0.15) is 42.5 Å². The first-order valence-electron chi connectivity index (χ1n) is 8.11. The van der Waals surface area contributed by atoms with Crippen LogP contribution < -0.4 is 5.32 Å². The van der Waals surface area contributed by atoms with E-state index in [1.165, 1.54) is 30.6 Å². The quantitative estimate of drug-likeness (QED) is 0.910. The summed E-state index contributed by atoms with van der Waals surface area (Å²) in [5.74, 6) is 0.0774. The molecule has 3 rings (SSSR count). The Morgan fingerprint density at radius 3 is 2.36 bits per heavy atom. The number of hydrogen-bond donors (Lipinski definition) is 1. The zero-order valence-electron chi connectivity index (χ0n) is 12.8. The minimum absolute atomic E-state index is 0.0366. The normalized spacial score (nSPS) is 20.0. The van der Waals surface area contributed by atoms with Gasteiger partial charge in [-0.05, 0) is 24.3 Å². The zero-order valence-corrected chi connectivity index (χ0v) is 13.6. The Balaban J connectivity index is 1.46. The highest BCUT2D eigenvalue weighted by Gasteiger charge is 2.26. The number of thiophene rings is 1. The lowest BCUT2D eigenvalue weighted by Crippen LogP contribution is -2.54. The minimum Gasteiger partial charge on any atom is -0.335 e. The first-order valence-corrected chi connectivity index (χ1v) is 9.05. The predicted molar refractivity (Wildman–Crippen MR) is 87.2 cm³/mol. The molecule has 120 valence electrons. The summed E-state index contributed by atoms with van der Waals surface area (Å²) in [6.45, 7) is 2.47. The molecular weight excluding hydrogens is 298 g/mol. The number of piperazine rings is 1. The van der Waals surface area contributed by atoms with Gasteiger partial charge in [-0.15, -0.1) is 0 Å². The summed E-state index contributed by atoms with van der Waals surface area (Å²) in [5.41, 5.74) is 0.755. The lowest BCUT2D eigenvalue weighted by atomic mass is 9.96. The average molecular weight is 321 g/mol. The molecule has 0 radical (unpaired) electrons. The molecular formula is C16H23N3O2S. The first kappa shape index (κ1) is 15.3. The molecule has 1 N–H and O–H groups in total. The summed E-state index contributed by atoms with van der Waals surface area (Å²) in [5, 5.41) is 6.94. The van der Waals surface area contributed by atoms with Crippen LogP contribution in [0, 0.1) is 0 Å². The van der Waals surface area contributed by atoms with Gasteiger partial charge in [-0.1, -0.05) is 19.3 Å². The third-order valence-electron chi connectivity index (χ3n) is 4.55. The summed E-state index contributed by atoms with van der Waals surface area (Å²) < 4.78 is 0. The fourth-order valence-corrected chi connectivity index (χ4v) is 3.82. The predicted octanol–water partition coefficient (Wildman–Crippen LogP) is 2.55. The highest BCUT2D eigenvalue weighted by Crippen LogP contribution is 2.18. The van der Waals surface area contributed by atoms with E-state index in [4.69, 9.17) is 0 Å². The van der Waals surface area contributed by atoms with Crippen LogP contribution in [0.25, 0.3) is 0 Å². The van der Waals surface area contributed by atoms with Crippen molar-refractivity contribution in [2.45, 2.75) is 38.1 Å². The van der Waals surface area contributed by atoms with E-state index >= 15 is 0 Å². The van der Waals surface area contributed by atoms with E-state index in [-0.39, 0.29) is 11.9 Å². The van der Waals surface area contributed by atoms with Gasteiger partial charge in [0.15, 0.2) is 0 Å². The number of carbonyl (C=O) groups is 2. The van der Waals surface area contributed by atoms with Crippen molar-refractivity contribution < 1.29 is 9.59 Å². The highest BCUT2D eigenvalue weighted by atomic mass is 32.1. The van der Waals surface area contributed by atoms with Crippen LogP contribution in [-0.2, 0) is 0 Å². The Bertz CT molecular complexity index is 503. The third kappa shape index (κ3) is 3.61. The SMILES string of the molecule is O=C(NC1CCCCC1)N1CCN(C(=O)c2ccsc2)CC1. The molecule has 22 heavy (non-hydrogen) atoms. The molecule has 1 aliphatic carbocycles. The zero-order chi connectivity index (χ0) is 15.4. The number of nitrogens with one attached hydrogen (secondary N) is 1.